The number of nitrogens with zero attached hydrogens (tertiary/aromatic N) is 2. The van der Waals surface area contributed by atoms with Crippen molar-refractivity contribution in [2.24, 2.45) is 0 Å². The van der Waals surface area contributed by atoms with Gasteiger partial charge in [0.2, 0.25) is 0 Å². The van der Waals surface area contributed by atoms with Crippen molar-refractivity contribution < 1.29 is 22.7 Å². The molecule has 4 aromatic rings. The van der Waals surface area contributed by atoms with Gasteiger partial charge >= 0.3 is 5.97 Å². The molecule has 0 fully saturated rings. The number of hydrogen-bond acceptors (Lipinski definition) is 5. The van der Waals surface area contributed by atoms with Gasteiger partial charge in [0.15, 0.2) is 0 Å². The van der Waals surface area contributed by atoms with Crippen LogP contribution in [0.15, 0.2) is 83.9 Å². The van der Waals surface area contributed by atoms with Gasteiger partial charge in [-0.25, -0.2) is 8.42 Å². The average molecular weight is 559 g/mol. The number of carbonyl (C=O) groups is 2. The second-order valence-corrected chi connectivity index (χ2v) is 12.0. The molecule has 0 saturated carbocycles. The maximum atomic E-state index is 13.7. The Morgan fingerprint density at radius 3 is 2.19 bits per heavy atom. The molecule has 0 spiro atoms. The third-order valence-electron chi connectivity index (χ3n) is 5.32. The van der Waals surface area contributed by atoms with Gasteiger partial charge in [0.1, 0.15) is 12.1 Å². The van der Waals surface area contributed by atoms with E-state index in [4.69, 9.17) is 27.9 Å². The minimum atomic E-state index is -4.28. The van der Waals surface area contributed by atoms with Crippen LogP contribution in [-0.4, -0.2) is 37.0 Å². The van der Waals surface area contributed by atoms with E-state index in [2.05, 4.69) is 0 Å². The zero-order valence-corrected chi connectivity index (χ0v) is 22.6. The molecule has 0 atom stereocenters. The molecule has 0 unspecified atom stereocenters. The Morgan fingerprint density at radius 1 is 0.919 bits per heavy atom. The van der Waals surface area contributed by atoms with Crippen LogP contribution in [0.2, 0.25) is 10.0 Å². The van der Waals surface area contributed by atoms with E-state index in [0.29, 0.717) is 16.5 Å². The second kappa shape index (κ2) is 10.2. The van der Waals surface area contributed by atoms with Crippen LogP contribution < -0.4 is 4.31 Å². The predicted octanol–water partition coefficient (Wildman–Crippen LogP) is 6.17. The number of fused-ring (bicyclic) bond motifs is 1. The number of anilines is 1. The third-order valence-corrected chi connectivity index (χ3v) is 7.51. The minimum absolute atomic E-state index is 0.134. The van der Waals surface area contributed by atoms with E-state index < -0.39 is 28.1 Å². The Kier molecular flexibility index (Phi) is 7.37. The first kappa shape index (κ1) is 26.7. The highest BCUT2D eigenvalue weighted by molar-refractivity contribution is 7.92. The van der Waals surface area contributed by atoms with Gasteiger partial charge in [-0.05, 0) is 75.4 Å². The van der Waals surface area contributed by atoms with Crippen LogP contribution >= 0.6 is 23.2 Å². The van der Waals surface area contributed by atoms with E-state index in [1.165, 1.54) is 28.8 Å². The van der Waals surface area contributed by atoms with E-state index in [0.717, 1.165) is 4.31 Å². The van der Waals surface area contributed by atoms with Crippen LogP contribution in [0.25, 0.3) is 10.9 Å². The standard InChI is InChI=1S/C27H24Cl2N2O5S/c1-27(2,3)36-25(32)17-31(37(34,35)23-15-20(28)14-21(29)16-23)22-9-10-24-19(13-22)11-12-30(24)26(33)18-7-5-4-6-8-18/h4-16H,17H2,1-3H3. The van der Waals surface area contributed by atoms with Gasteiger partial charge in [-0.2, -0.15) is 0 Å². The van der Waals surface area contributed by atoms with Crippen LogP contribution in [0.1, 0.15) is 31.1 Å². The monoisotopic (exact) mass is 558 g/mol. The first-order valence-electron chi connectivity index (χ1n) is 11.3. The van der Waals surface area contributed by atoms with Crippen molar-refractivity contribution in [2.45, 2.75) is 31.3 Å². The quantitative estimate of drug-likeness (QED) is 0.264. The number of ether oxygens (including phenoxy) is 1. The molecule has 7 nitrogen and oxygen atoms in total. The fourth-order valence-corrected chi connectivity index (χ4v) is 5.92. The maximum Gasteiger partial charge on any atom is 0.327 e. The molecule has 37 heavy (non-hydrogen) atoms. The summed E-state index contributed by atoms with van der Waals surface area (Å²) in [5.74, 6) is -0.962. The Labute approximate surface area is 225 Å². The first-order valence-corrected chi connectivity index (χ1v) is 13.5. The summed E-state index contributed by atoms with van der Waals surface area (Å²) in [6.07, 6.45) is 1.62. The summed E-state index contributed by atoms with van der Waals surface area (Å²) in [4.78, 5) is 25.6. The molecular formula is C27H24Cl2N2O5S. The molecule has 3 aromatic carbocycles. The normalized spacial score (nSPS) is 11.9. The van der Waals surface area contributed by atoms with Gasteiger partial charge in [0.25, 0.3) is 15.9 Å². The largest absolute Gasteiger partial charge is 0.459 e. The number of carbonyl (C=O) groups excluding carboxylic acids is 2. The summed E-state index contributed by atoms with van der Waals surface area (Å²) in [5, 5.41) is 0.876. The lowest BCUT2D eigenvalue weighted by molar-refractivity contribution is -0.152. The van der Waals surface area contributed by atoms with Crippen molar-refractivity contribution >= 4 is 61.7 Å². The summed E-state index contributed by atoms with van der Waals surface area (Å²) in [6, 6.07) is 19.2. The molecule has 192 valence electrons. The van der Waals surface area contributed by atoms with E-state index in [9.17, 15) is 18.0 Å². The molecule has 1 aromatic heterocycles. The van der Waals surface area contributed by atoms with Crippen LogP contribution in [-0.2, 0) is 19.6 Å². The smallest absolute Gasteiger partial charge is 0.327 e. The van der Waals surface area contributed by atoms with Gasteiger partial charge < -0.3 is 4.74 Å². The number of aromatic nitrogens is 1. The molecule has 0 saturated heterocycles. The molecule has 0 radical (unpaired) electrons. The SMILES string of the molecule is CC(C)(C)OC(=O)CN(c1ccc2c(ccn2C(=O)c2ccccc2)c1)S(=O)(=O)c1cc(Cl)cc(Cl)c1. The van der Waals surface area contributed by atoms with Crippen LogP contribution in [0, 0.1) is 0 Å². The van der Waals surface area contributed by atoms with Crippen molar-refractivity contribution in [3.8, 4) is 0 Å². The highest BCUT2D eigenvalue weighted by atomic mass is 35.5. The Hall–Kier alpha value is -3.33. The number of rotatable bonds is 6. The number of hydrogen-bond donors (Lipinski definition) is 0. The number of esters is 1. The number of sulfonamides is 1. The topological polar surface area (TPSA) is 85.7 Å². The molecule has 0 amide bonds. The summed E-state index contributed by atoms with van der Waals surface area (Å²) in [7, 11) is -4.28. The molecule has 0 N–H and O–H groups in total. The van der Waals surface area contributed by atoms with Crippen molar-refractivity contribution in [3.05, 3.63) is 94.6 Å². The predicted molar refractivity (Wildman–Crippen MR) is 145 cm³/mol. The summed E-state index contributed by atoms with van der Waals surface area (Å²) in [5.41, 5.74) is 0.485. The zero-order chi connectivity index (χ0) is 27.0. The summed E-state index contributed by atoms with van der Waals surface area (Å²) in [6.45, 7) is 4.50. The second-order valence-electron chi connectivity index (χ2n) is 9.30. The van der Waals surface area contributed by atoms with E-state index in [-0.39, 0.29) is 26.5 Å². The van der Waals surface area contributed by atoms with Crippen molar-refractivity contribution in [3.63, 3.8) is 0 Å². The minimum Gasteiger partial charge on any atom is -0.459 e. The van der Waals surface area contributed by atoms with Gasteiger partial charge in [-0.15, -0.1) is 0 Å². The van der Waals surface area contributed by atoms with E-state index >= 15 is 0 Å². The van der Waals surface area contributed by atoms with Crippen molar-refractivity contribution in [2.75, 3.05) is 10.8 Å². The maximum absolute atomic E-state index is 13.7. The molecule has 10 heteroatoms. The Balaban J connectivity index is 1.78. The fraction of sp³-hybridized carbons (Fsp3) is 0.185. The van der Waals surface area contributed by atoms with E-state index in [1.54, 1.807) is 69.4 Å². The average Bonchev–Trinajstić information content (AvgIpc) is 3.24. The van der Waals surface area contributed by atoms with Crippen molar-refractivity contribution in [1.82, 2.24) is 4.57 Å². The molecule has 4 rings (SSSR count). The molecular weight excluding hydrogens is 535 g/mol. The summed E-state index contributed by atoms with van der Waals surface area (Å²) < 4.78 is 35.3. The molecule has 1 heterocycles. The lowest BCUT2D eigenvalue weighted by Crippen LogP contribution is -2.39. The molecule has 0 aliphatic heterocycles. The highest BCUT2D eigenvalue weighted by Gasteiger charge is 2.30. The Morgan fingerprint density at radius 2 is 1.57 bits per heavy atom. The van der Waals surface area contributed by atoms with Gasteiger partial charge in [0, 0.05) is 27.2 Å². The van der Waals surface area contributed by atoms with Gasteiger partial charge in [-0.3, -0.25) is 18.5 Å². The molecule has 0 aliphatic rings. The zero-order valence-electron chi connectivity index (χ0n) is 20.3. The number of benzene rings is 3. The first-order chi connectivity index (χ1) is 17.3. The highest BCUT2D eigenvalue weighted by Crippen LogP contribution is 2.31. The third kappa shape index (κ3) is 5.98. The fourth-order valence-electron chi connectivity index (χ4n) is 3.79. The van der Waals surface area contributed by atoms with Crippen LogP contribution in [0.4, 0.5) is 5.69 Å². The van der Waals surface area contributed by atoms with Gasteiger partial charge in [-0.1, -0.05) is 41.4 Å². The Bertz CT molecular complexity index is 1570. The summed E-state index contributed by atoms with van der Waals surface area (Å²) >= 11 is 12.1. The van der Waals surface area contributed by atoms with Crippen molar-refractivity contribution in [1.29, 1.82) is 0 Å². The lowest BCUT2D eigenvalue weighted by atomic mass is 10.2. The van der Waals surface area contributed by atoms with Crippen LogP contribution in [0.5, 0.6) is 0 Å². The molecule has 0 bridgehead atoms. The molecule has 0 aliphatic carbocycles. The number of halogens is 2. The van der Waals surface area contributed by atoms with E-state index in [1.807, 2.05) is 6.07 Å². The lowest BCUT2D eigenvalue weighted by Gasteiger charge is -2.26. The van der Waals surface area contributed by atoms with Crippen LogP contribution in [0.3, 0.4) is 0 Å². The van der Waals surface area contributed by atoms with Gasteiger partial charge in [0.05, 0.1) is 16.1 Å².